The van der Waals surface area contributed by atoms with Gasteiger partial charge in [0.05, 0.1) is 36.7 Å². The van der Waals surface area contributed by atoms with Crippen molar-refractivity contribution in [3.8, 4) is 11.6 Å². The van der Waals surface area contributed by atoms with Crippen molar-refractivity contribution in [1.29, 1.82) is 0 Å². The number of aromatic nitrogens is 3. The highest BCUT2D eigenvalue weighted by Gasteiger charge is 2.37. The van der Waals surface area contributed by atoms with Crippen LogP contribution < -0.4 is 14.4 Å². The molecule has 0 bridgehead atoms. The van der Waals surface area contributed by atoms with Gasteiger partial charge in [-0.05, 0) is 31.7 Å². The number of H-pyrrole nitrogens is 1. The highest BCUT2D eigenvalue weighted by atomic mass is 79.9. The van der Waals surface area contributed by atoms with Crippen LogP contribution in [0, 0.1) is 6.92 Å². The Morgan fingerprint density at radius 2 is 1.90 bits per heavy atom. The maximum Gasteiger partial charge on any atom is 0.415 e. The Hall–Kier alpha value is -3.97. The fourth-order valence-corrected chi connectivity index (χ4v) is 5.75. The summed E-state index contributed by atoms with van der Waals surface area (Å²) in [6.07, 6.45) is 2.50. The first-order chi connectivity index (χ1) is 19.7. The zero-order chi connectivity index (χ0) is 29.3. The van der Waals surface area contributed by atoms with Crippen molar-refractivity contribution in [2.24, 2.45) is 0 Å². The van der Waals surface area contributed by atoms with Crippen LogP contribution in [0.25, 0.3) is 17.0 Å². The Labute approximate surface area is 245 Å². The Morgan fingerprint density at radius 3 is 2.54 bits per heavy atom. The van der Waals surface area contributed by atoms with Crippen LogP contribution in [0.2, 0.25) is 0 Å². The van der Waals surface area contributed by atoms with Gasteiger partial charge in [-0.1, -0.05) is 15.9 Å². The highest BCUT2D eigenvalue weighted by molar-refractivity contribution is 9.09. The molecule has 1 aromatic carbocycles. The number of amides is 2. The molecule has 216 valence electrons. The third-order valence-corrected chi connectivity index (χ3v) is 8.20. The van der Waals surface area contributed by atoms with E-state index in [0.717, 1.165) is 18.7 Å². The van der Waals surface area contributed by atoms with Crippen LogP contribution in [0.3, 0.4) is 0 Å². The molecule has 0 saturated carbocycles. The van der Waals surface area contributed by atoms with E-state index in [4.69, 9.17) is 14.2 Å². The molecule has 0 unspecified atom stereocenters. The summed E-state index contributed by atoms with van der Waals surface area (Å²) in [4.78, 5) is 48.3. The number of rotatable bonds is 6. The zero-order valence-corrected chi connectivity index (χ0v) is 24.9. The third kappa shape index (κ3) is 5.51. The number of methoxy groups -OCH3 is 2. The number of ether oxygens (including phenoxy) is 3. The van der Waals surface area contributed by atoms with E-state index >= 15 is 0 Å². The molecule has 1 fully saturated rings. The minimum absolute atomic E-state index is 0.133. The average molecular weight is 627 g/mol. The molecule has 41 heavy (non-hydrogen) atoms. The van der Waals surface area contributed by atoms with E-state index in [2.05, 4.69) is 36.0 Å². The standard InChI is InChI=1S/C28H31BrN6O6/c1-16-23(27(37)40-4)25-24-17(14-29)15-35(22(36)8-6-18-5-7-21(39-3)32-31-18)19(24)13-20(26(25)30-16)41-28(38)34-11-9-33(2)10-12-34/h5-8,13,17,30H,9-12,14-15H2,1-4H3/b8-6+/t17-/m1/s1. The summed E-state index contributed by atoms with van der Waals surface area (Å²) in [5.41, 5.74) is 3.28. The van der Waals surface area contributed by atoms with E-state index in [1.807, 2.05) is 7.05 Å². The molecule has 1 saturated heterocycles. The molecule has 5 rings (SSSR count). The lowest BCUT2D eigenvalue weighted by Gasteiger charge is -2.31. The number of esters is 1. The second kappa shape index (κ2) is 11.9. The van der Waals surface area contributed by atoms with E-state index in [1.165, 1.54) is 20.3 Å². The molecule has 2 aromatic heterocycles. The molecule has 0 spiro atoms. The maximum atomic E-state index is 13.5. The number of piperazine rings is 1. The number of carbonyl (C=O) groups excluding carboxylic acids is 3. The summed E-state index contributed by atoms with van der Waals surface area (Å²) >= 11 is 3.59. The van der Waals surface area contributed by atoms with E-state index in [-0.39, 0.29) is 17.6 Å². The van der Waals surface area contributed by atoms with Gasteiger partial charge in [0.1, 0.15) is 0 Å². The smallest absolute Gasteiger partial charge is 0.415 e. The lowest BCUT2D eigenvalue weighted by molar-refractivity contribution is -0.114. The third-order valence-electron chi connectivity index (χ3n) is 7.42. The first-order valence-corrected chi connectivity index (χ1v) is 14.2. The lowest BCUT2D eigenvalue weighted by atomic mass is 9.95. The van der Waals surface area contributed by atoms with E-state index in [9.17, 15) is 14.4 Å². The van der Waals surface area contributed by atoms with Gasteiger partial charge in [-0.25, -0.2) is 9.59 Å². The lowest BCUT2D eigenvalue weighted by Crippen LogP contribution is -2.48. The first-order valence-electron chi connectivity index (χ1n) is 13.1. The van der Waals surface area contributed by atoms with Crippen LogP contribution in [-0.2, 0) is 9.53 Å². The molecular formula is C28H31BrN6O6. The van der Waals surface area contributed by atoms with Gasteiger partial charge in [0, 0.05) is 73.3 Å². The number of aromatic amines is 1. The van der Waals surface area contributed by atoms with Gasteiger partial charge < -0.3 is 33.9 Å². The number of alkyl halides is 1. The van der Waals surface area contributed by atoms with Crippen molar-refractivity contribution in [3.05, 3.63) is 46.8 Å². The van der Waals surface area contributed by atoms with Crippen molar-refractivity contribution in [3.63, 3.8) is 0 Å². The van der Waals surface area contributed by atoms with Crippen LogP contribution >= 0.6 is 15.9 Å². The molecule has 3 aromatic rings. The summed E-state index contributed by atoms with van der Waals surface area (Å²) in [5.74, 6) is -0.344. The maximum absolute atomic E-state index is 13.5. The topological polar surface area (TPSA) is 130 Å². The minimum Gasteiger partial charge on any atom is -0.480 e. The van der Waals surface area contributed by atoms with Gasteiger partial charge in [-0.15, -0.1) is 10.2 Å². The molecule has 2 aliphatic heterocycles. The highest BCUT2D eigenvalue weighted by Crippen LogP contribution is 2.47. The van der Waals surface area contributed by atoms with Crippen LogP contribution in [0.4, 0.5) is 10.5 Å². The predicted octanol–water partition coefficient (Wildman–Crippen LogP) is 3.35. The number of hydrogen-bond acceptors (Lipinski definition) is 9. The summed E-state index contributed by atoms with van der Waals surface area (Å²) in [7, 11) is 4.83. The Morgan fingerprint density at radius 1 is 1.15 bits per heavy atom. The number of likely N-dealkylation sites (N-methyl/N-ethyl adjacent to an activating group) is 1. The summed E-state index contributed by atoms with van der Waals surface area (Å²) in [5, 5.41) is 9.09. The number of nitrogens with zero attached hydrogens (tertiary/aromatic N) is 5. The zero-order valence-electron chi connectivity index (χ0n) is 23.3. The van der Waals surface area contributed by atoms with Gasteiger partial charge in [-0.2, -0.15) is 0 Å². The molecule has 4 heterocycles. The van der Waals surface area contributed by atoms with E-state index in [0.29, 0.717) is 64.4 Å². The van der Waals surface area contributed by atoms with E-state index in [1.54, 1.807) is 41.0 Å². The average Bonchev–Trinajstić information content (AvgIpc) is 3.53. The van der Waals surface area contributed by atoms with E-state index < -0.39 is 12.1 Å². The fraction of sp³-hybridized carbons (Fsp3) is 0.393. The molecule has 13 heteroatoms. The van der Waals surface area contributed by atoms with Gasteiger partial charge in [-0.3, -0.25) is 4.79 Å². The van der Waals surface area contributed by atoms with Crippen LogP contribution in [0.15, 0.2) is 24.3 Å². The molecular weight excluding hydrogens is 596 g/mol. The number of anilines is 1. The minimum atomic E-state index is -0.519. The van der Waals surface area contributed by atoms with Gasteiger partial charge in [0.2, 0.25) is 5.88 Å². The summed E-state index contributed by atoms with van der Waals surface area (Å²) < 4.78 is 16.1. The Kier molecular flexibility index (Phi) is 8.27. The van der Waals surface area contributed by atoms with Gasteiger partial charge in [0.15, 0.2) is 5.75 Å². The second-order valence-electron chi connectivity index (χ2n) is 9.97. The fourth-order valence-electron chi connectivity index (χ4n) is 5.22. The van der Waals surface area contributed by atoms with Crippen molar-refractivity contribution in [2.45, 2.75) is 12.8 Å². The Balaban J connectivity index is 1.57. The molecule has 12 nitrogen and oxygen atoms in total. The largest absolute Gasteiger partial charge is 0.480 e. The van der Waals surface area contributed by atoms with Crippen molar-refractivity contribution in [1.82, 2.24) is 25.0 Å². The molecule has 1 atom stereocenters. The van der Waals surface area contributed by atoms with Crippen LogP contribution in [-0.4, -0.2) is 102 Å². The number of fused-ring (bicyclic) bond motifs is 3. The number of hydrogen-bond donors (Lipinski definition) is 1. The molecule has 2 aliphatic rings. The quantitative estimate of drug-likeness (QED) is 0.249. The Bertz CT molecular complexity index is 1510. The first kappa shape index (κ1) is 28.6. The number of carbonyl (C=O) groups is 3. The number of halogens is 1. The van der Waals surface area contributed by atoms with Crippen molar-refractivity contribution in [2.75, 3.05) is 64.2 Å². The molecule has 0 radical (unpaired) electrons. The van der Waals surface area contributed by atoms with Crippen molar-refractivity contribution >= 4 is 56.6 Å². The van der Waals surface area contributed by atoms with Gasteiger partial charge in [0.25, 0.3) is 5.91 Å². The van der Waals surface area contributed by atoms with Gasteiger partial charge >= 0.3 is 12.1 Å². The normalized spacial score (nSPS) is 17.2. The molecule has 2 amide bonds. The van der Waals surface area contributed by atoms with Crippen molar-refractivity contribution < 1.29 is 28.6 Å². The number of aryl methyl sites for hydroxylation is 1. The van der Waals surface area contributed by atoms with Crippen LogP contribution in [0.1, 0.15) is 33.2 Å². The SMILES string of the molecule is COC(=O)c1c(C)[nH]c2c(OC(=O)N3CCN(C)CC3)cc3c(c12)[C@H](CBr)CN3C(=O)/C=C/c1ccc(OC)nn1. The summed E-state index contributed by atoms with van der Waals surface area (Å²) in [6, 6.07) is 5.05. The monoisotopic (exact) mass is 626 g/mol. The number of nitrogens with one attached hydrogen (secondary N) is 1. The molecule has 1 N–H and O–H groups in total. The predicted molar refractivity (Wildman–Crippen MR) is 156 cm³/mol. The second-order valence-corrected chi connectivity index (χ2v) is 10.6. The van der Waals surface area contributed by atoms with Crippen LogP contribution in [0.5, 0.6) is 11.6 Å². The number of benzene rings is 1. The molecule has 0 aliphatic carbocycles. The summed E-state index contributed by atoms with van der Waals surface area (Å²) in [6.45, 7) is 4.68.